The van der Waals surface area contributed by atoms with Crippen LogP contribution in [0.1, 0.15) is 51.2 Å². The van der Waals surface area contributed by atoms with Gasteiger partial charge >= 0.3 is 5.97 Å². The number of nitrogens with one attached hydrogen (secondary N) is 1. The van der Waals surface area contributed by atoms with E-state index in [2.05, 4.69) is 43.4 Å². The molecule has 3 nitrogen and oxygen atoms in total. The predicted octanol–water partition coefficient (Wildman–Crippen LogP) is 3.24. The Hall–Kier alpha value is -1.35. The molecular formula is C16H25NO2. The highest BCUT2D eigenvalue weighted by Gasteiger charge is 2.09. The van der Waals surface area contributed by atoms with E-state index >= 15 is 0 Å². The molecule has 1 atom stereocenters. The highest BCUT2D eigenvalue weighted by Crippen LogP contribution is 2.14. The Morgan fingerprint density at radius 2 is 1.84 bits per heavy atom. The molecule has 0 heterocycles. The van der Waals surface area contributed by atoms with E-state index in [9.17, 15) is 4.79 Å². The lowest BCUT2D eigenvalue weighted by Crippen LogP contribution is -2.28. The number of rotatable bonds is 7. The normalized spacial score (nSPS) is 12.5. The molecule has 19 heavy (non-hydrogen) atoms. The molecule has 0 fully saturated rings. The minimum atomic E-state index is -0.141. The summed E-state index contributed by atoms with van der Waals surface area (Å²) in [5.74, 6) is 0.419. The Morgan fingerprint density at radius 3 is 2.37 bits per heavy atom. The monoisotopic (exact) mass is 263 g/mol. The second kappa shape index (κ2) is 7.95. The van der Waals surface area contributed by atoms with Gasteiger partial charge in [0.05, 0.1) is 13.0 Å². The maximum Gasteiger partial charge on any atom is 0.307 e. The molecule has 3 heteroatoms. The lowest BCUT2D eigenvalue weighted by Gasteiger charge is -2.13. The van der Waals surface area contributed by atoms with Crippen LogP contribution in [0, 0.1) is 0 Å². The van der Waals surface area contributed by atoms with Gasteiger partial charge in [0, 0.05) is 12.6 Å². The topological polar surface area (TPSA) is 38.3 Å². The molecule has 0 aliphatic rings. The Bertz CT molecular complexity index is 384. The van der Waals surface area contributed by atoms with Crippen LogP contribution in [0.4, 0.5) is 0 Å². The third kappa shape index (κ3) is 5.88. The van der Waals surface area contributed by atoms with Crippen molar-refractivity contribution in [2.45, 2.75) is 52.6 Å². The molecule has 1 aromatic carbocycles. The molecule has 0 aromatic heterocycles. The first-order chi connectivity index (χ1) is 9.02. The van der Waals surface area contributed by atoms with Crippen LogP contribution in [0.5, 0.6) is 0 Å². The Labute approximate surface area is 116 Å². The minimum Gasteiger partial charge on any atom is -0.466 e. The Balaban J connectivity index is 2.37. The maximum atomic E-state index is 11.3. The van der Waals surface area contributed by atoms with Crippen molar-refractivity contribution in [2.24, 2.45) is 0 Å². The highest BCUT2D eigenvalue weighted by molar-refractivity contribution is 5.69. The van der Waals surface area contributed by atoms with Crippen LogP contribution in [0.25, 0.3) is 0 Å². The molecule has 1 aromatic rings. The van der Waals surface area contributed by atoms with Gasteiger partial charge in [0.25, 0.3) is 0 Å². The molecule has 106 valence electrons. The van der Waals surface area contributed by atoms with E-state index in [4.69, 9.17) is 4.74 Å². The summed E-state index contributed by atoms with van der Waals surface area (Å²) in [5, 5.41) is 3.34. The van der Waals surface area contributed by atoms with Gasteiger partial charge in [-0.05, 0) is 30.9 Å². The zero-order valence-electron chi connectivity index (χ0n) is 12.4. The summed E-state index contributed by atoms with van der Waals surface area (Å²) in [7, 11) is 0. The Morgan fingerprint density at radius 1 is 1.21 bits per heavy atom. The number of ether oxygens (including phenoxy) is 1. The van der Waals surface area contributed by atoms with E-state index in [1.54, 1.807) is 0 Å². The first kappa shape index (κ1) is 15.7. The summed E-state index contributed by atoms with van der Waals surface area (Å²) >= 11 is 0. The van der Waals surface area contributed by atoms with Crippen LogP contribution in [0.3, 0.4) is 0 Å². The standard InChI is InChI=1S/C16H25NO2/c1-5-19-16(18)10-13(4)17-11-14-6-8-15(9-7-14)12(2)3/h6-9,12-13,17H,5,10-11H2,1-4H3. The number of hydrogen-bond donors (Lipinski definition) is 1. The van der Waals surface area contributed by atoms with E-state index in [0.29, 0.717) is 18.9 Å². The van der Waals surface area contributed by atoms with Crippen molar-refractivity contribution in [3.8, 4) is 0 Å². The van der Waals surface area contributed by atoms with Gasteiger partial charge < -0.3 is 10.1 Å². The number of hydrogen-bond acceptors (Lipinski definition) is 3. The van der Waals surface area contributed by atoms with Crippen LogP contribution in [-0.4, -0.2) is 18.6 Å². The van der Waals surface area contributed by atoms with E-state index in [1.165, 1.54) is 11.1 Å². The minimum absolute atomic E-state index is 0.129. The van der Waals surface area contributed by atoms with E-state index in [-0.39, 0.29) is 12.0 Å². The molecule has 0 bridgehead atoms. The fraction of sp³-hybridized carbons (Fsp3) is 0.562. The summed E-state index contributed by atoms with van der Waals surface area (Å²) in [6.07, 6.45) is 0.415. The average molecular weight is 263 g/mol. The molecule has 0 saturated carbocycles. The smallest absolute Gasteiger partial charge is 0.307 e. The van der Waals surface area contributed by atoms with Gasteiger partial charge in [-0.2, -0.15) is 0 Å². The molecule has 1 rings (SSSR count). The van der Waals surface area contributed by atoms with Gasteiger partial charge in [0.1, 0.15) is 0 Å². The molecule has 0 spiro atoms. The number of carbonyl (C=O) groups is 1. The largest absolute Gasteiger partial charge is 0.466 e. The second-order valence-electron chi connectivity index (χ2n) is 5.19. The summed E-state index contributed by atoms with van der Waals surface area (Å²) in [4.78, 5) is 11.3. The third-order valence-corrected chi connectivity index (χ3v) is 3.08. The van der Waals surface area contributed by atoms with Crippen LogP contribution >= 0.6 is 0 Å². The molecule has 0 amide bonds. The van der Waals surface area contributed by atoms with E-state index < -0.39 is 0 Å². The summed E-state index contributed by atoms with van der Waals surface area (Å²) in [5.41, 5.74) is 2.59. The maximum absolute atomic E-state index is 11.3. The fourth-order valence-corrected chi connectivity index (χ4v) is 1.85. The third-order valence-electron chi connectivity index (χ3n) is 3.08. The number of esters is 1. The van der Waals surface area contributed by atoms with Crippen molar-refractivity contribution in [1.82, 2.24) is 5.32 Å². The van der Waals surface area contributed by atoms with Crippen molar-refractivity contribution < 1.29 is 9.53 Å². The fourth-order valence-electron chi connectivity index (χ4n) is 1.85. The molecule has 1 N–H and O–H groups in total. The van der Waals surface area contributed by atoms with Crippen LogP contribution < -0.4 is 5.32 Å². The van der Waals surface area contributed by atoms with Gasteiger partial charge in [-0.1, -0.05) is 38.1 Å². The van der Waals surface area contributed by atoms with Crippen molar-refractivity contribution in [3.05, 3.63) is 35.4 Å². The molecule has 0 aliphatic carbocycles. The first-order valence-electron chi connectivity index (χ1n) is 7.00. The Kier molecular flexibility index (Phi) is 6.57. The predicted molar refractivity (Wildman–Crippen MR) is 78.1 cm³/mol. The van der Waals surface area contributed by atoms with E-state index in [1.807, 2.05) is 13.8 Å². The van der Waals surface area contributed by atoms with Crippen molar-refractivity contribution in [1.29, 1.82) is 0 Å². The van der Waals surface area contributed by atoms with Crippen LogP contribution in [0.2, 0.25) is 0 Å². The molecule has 1 unspecified atom stereocenters. The number of carbonyl (C=O) groups excluding carboxylic acids is 1. The molecule has 0 radical (unpaired) electrons. The quantitative estimate of drug-likeness (QED) is 0.767. The van der Waals surface area contributed by atoms with Gasteiger partial charge in [-0.3, -0.25) is 4.79 Å². The van der Waals surface area contributed by atoms with Crippen molar-refractivity contribution in [3.63, 3.8) is 0 Å². The van der Waals surface area contributed by atoms with Crippen LogP contribution in [-0.2, 0) is 16.1 Å². The lowest BCUT2D eigenvalue weighted by molar-refractivity contribution is -0.143. The van der Waals surface area contributed by atoms with Gasteiger partial charge in [-0.15, -0.1) is 0 Å². The van der Waals surface area contributed by atoms with Crippen molar-refractivity contribution >= 4 is 5.97 Å². The van der Waals surface area contributed by atoms with E-state index in [0.717, 1.165) is 6.54 Å². The van der Waals surface area contributed by atoms with Crippen LogP contribution in [0.15, 0.2) is 24.3 Å². The SMILES string of the molecule is CCOC(=O)CC(C)NCc1ccc(C(C)C)cc1. The van der Waals surface area contributed by atoms with Gasteiger partial charge in [0.15, 0.2) is 0 Å². The average Bonchev–Trinajstić information content (AvgIpc) is 2.37. The zero-order valence-corrected chi connectivity index (χ0v) is 12.4. The highest BCUT2D eigenvalue weighted by atomic mass is 16.5. The van der Waals surface area contributed by atoms with Gasteiger partial charge in [-0.25, -0.2) is 0 Å². The zero-order chi connectivity index (χ0) is 14.3. The molecule has 0 aliphatic heterocycles. The second-order valence-corrected chi connectivity index (χ2v) is 5.19. The summed E-state index contributed by atoms with van der Waals surface area (Å²) < 4.78 is 4.93. The first-order valence-corrected chi connectivity index (χ1v) is 7.00. The lowest BCUT2D eigenvalue weighted by atomic mass is 10.0. The number of benzene rings is 1. The molecule has 0 saturated heterocycles. The summed E-state index contributed by atoms with van der Waals surface area (Å²) in [6, 6.07) is 8.73. The van der Waals surface area contributed by atoms with Crippen molar-refractivity contribution in [2.75, 3.05) is 6.61 Å². The molecular weight excluding hydrogens is 238 g/mol. The van der Waals surface area contributed by atoms with Gasteiger partial charge in [0.2, 0.25) is 0 Å². The summed E-state index contributed by atoms with van der Waals surface area (Å²) in [6.45, 7) is 9.43.